The Hall–Kier alpha value is -1.64. The van der Waals surface area contributed by atoms with Gasteiger partial charge in [-0.1, -0.05) is 77.8 Å². The summed E-state index contributed by atoms with van der Waals surface area (Å²) in [6, 6.07) is 0. The lowest BCUT2D eigenvalue weighted by Gasteiger charge is -2.67. The van der Waals surface area contributed by atoms with Gasteiger partial charge in [-0.2, -0.15) is 0 Å². The molecule has 5 aliphatic carbocycles. The second-order valence-electron chi connectivity index (χ2n) is 14.0. The van der Waals surface area contributed by atoms with Crippen LogP contribution >= 0.6 is 0 Å². The molecule has 0 radical (unpaired) electrons. The van der Waals surface area contributed by atoms with E-state index < -0.39 is 5.41 Å². The van der Waals surface area contributed by atoms with E-state index in [4.69, 9.17) is 5.73 Å². The molecule has 0 heterocycles. The smallest absolute Gasteiger partial charge is 0.223 e. The fourth-order valence-corrected chi connectivity index (χ4v) is 9.21. The van der Waals surface area contributed by atoms with Crippen LogP contribution in [0.15, 0.2) is 35.5 Å². The minimum absolute atomic E-state index is 0.0606. The summed E-state index contributed by atoms with van der Waals surface area (Å²) in [4.78, 5) is 25.2. The van der Waals surface area contributed by atoms with Crippen LogP contribution in [0, 0.1) is 44.3 Å². The van der Waals surface area contributed by atoms with Crippen molar-refractivity contribution in [1.82, 2.24) is 0 Å². The molecule has 0 spiro atoms. The van der Waals surface area contributed by atoms with Gasteiger partial charge in [-0.05, 0) is 79.1 Å². The minimum Gasteiger partial charge on any atom is -0.369 e. The Bertz CT molecular complexity index is 1030. The fourth-order valence-electron chi connectivity index (χ4n) is 9.21. The Morgan fingerprint density at radius 1 is 0.909 bits per heavy atom. The van der Waals surface area contributed by atoms with Crippen LogP contribution in [-0.2, 0) is 9.59 Å². The standard InChI is InChI=1S/C30H43NO2/c1-25(2)21-10-13-30(7)22(28(21,5)12-11-23(25)32)9-8-19-20-18-27(4,24(31)33)15-14-26(20,3)16-17-29(19,30)6/h8-9,11-12,20-21H,10,13-18H2,1-7H3,(H2,31,33)/t20-,21-,26+,27-,28-,29+,30+/m0/s1. The van der Waals surface area contributed by atoms with E-state index in [2.05, 4.69) is 66.7 Å². The Morgan fingerprint density at radius 3 is 2.24 bits per heavy atom. The van der Waals surface area contributed by atoms with Crippen molar-refractivity contribution in [2.24, 2.45) is 50.1 Å². The van der Waals surface area contributed by atoms with Crippen molar-refractivity contribution in [3.05, 3.63) is 35.5 Å². The number of fused-ring (bicyclic) bond motifs is 7. The molecule has 180 valence electrons. The number of hydrogen-bond acceptors (Lipinski definition) is 2. The molecule has 0 aromatic rings. The Kier molecular flexibility index (Phi) is 4.57. The third kappa shape index (κ3) is 2.69. The lowest BCUT2D eigenvalue weighted by atomic mass is 9.37. The third-order valence-electron chi connectivity index (χ3n) is 12.1. The first kappa shape index (κ1) is 23.1. The molecule has 3 heteroatoms. The molecule has 3 fully saturated rings. The highest BCUT2D eigenvalue weighted by atomic mass is 16.1. The van der Waals surface area contributed by atoms with Gasteiger partial charge in [-0.15, -0.1) is 0 Å². The molecule has 0 bridgehead atoms. The summed E-state index contributed by atoms with van der Waals surface area (Å²) in [7, 11) is 0. The molecule has 33 heavy (non-hydrogen) atoms. The zero-order valence-electron chi connectivity index (χ0n) is 21.8. The van der Waals surface area contributed by atoms with Crippen LogP contribution in [0.1, 0.15) is 93.4 Å². The molecule has 2 N–H and O–H groups in total. The van der Waals surface area contributed by atoms with Gasteiger partial charge in [-0.3, -0.25) is 9.59 Å². The van der Waals surface area contributed by atoms with E-state index in [9.17, 15) is 9.59 Å². The average Bonchev–Trinajstić information content (AvgIpc) is 2.73. The van der Waals surface area contributed by atoms with Crippen LogP contribution in [0.4, 0.5) is 0 Å². The molecule has 3 nitrogen and oxygen atoms in total. The molecule has 0 aromatic carbocycles. The third-order valence-corrected chi connectivity index (χ3v) is 12.1. The number of ketones is 1. The molecule has 0 aliphatic heterocycles. The van der Waals surface area contributed by atoms with Crippen molar-refractivity contribution in [3.8, 4) is 0 Å². The largest absolute Gasteiger partial charge is 0.369 e. The lowest BCUT2D eigenvalue weighted by Crippen LogP contribution is -2.59. The maximum Gasteiger partial charge on any atom is 0.223 e. The predicted molar refractivity (Wildman–Crippen MR) is 133 cm³/mol. The second-order valence-corrected chi connectivity index (χ2v) is 14.0. The van der Waals surface area contributed by atoms with Crippen LogP contribution in [0.25, 0.3) is 0 Å². The van der Waals surface area contributed by atoms with Crippen molar-refractivity contribution >= 4 is 11.7 Å². The number of nitrogens with two attached hydrogens (primary N) is 1. The summed E-state index contributed by atoms with van der Waals surface area (Å²) in [6.07, 6.45) is 16.4. The summed E-state index contributed by atoms with van der Waals surface area (Å²) >= 11 is 0. The molecular formula is C30H43NO2. The average molecular weight is 450 g/mol. The molecule has 0 aromatic heterocycles. The molecule has 5 aliphatic rings. The Morgan fingerprint density at radius 2 is 1.58 bits per heavy atom. The minimum atomic E-state index is -0.408. The van der Waals surface area contributed by atoms with E-state index in [1.807, 2.05) is 6.08 Å². The molecule has 0 saturated heterocycles. The summed E-state index contributed by atoms with van der Waals surface area (Å²) in [5, 5.41) is 0. The van der Waals surface area contributed by atoms with Crippen LogP contribution in [0.5, 0.6) is 0 Å². The molecule has 5 rings (SSSR count). The monoisotopic (exact) mass is 449 g/mol. The van der Waals surface area contributed by atoms with Gasteiger partial charge >= 0.3 is 0 Å². The summed E-state index contributed by atoms with van der Waals surface area (Å²) in [5.41, 5.74) is 8.56. The van der Waals surface area contributed by atoms with Crippen LogP contribution in [0.3, 0.4) is 0 Å². The van der Waals surface area contributed by atoms with Gasteiger partial charge in [0, 0.05) is 16.2 Å². The number of carbonyl (C=O) groups is 2. The van der Waals surface area contributed by atoms with Gasteiger partial charge in [0.25, 0.3) is 0 Å². The van der Waals surface area contributed by atoms with E-state index in [1.165, 1.54) is 18.4 Å². The maximum absolute atomic E-state index is 12.8. The Balaban J connectivity index is 1.65. The highest BCUT2D eigenvalue weighted by molar-refractivity contribution is 5.96. The maximum atomic E-state index is 12.8. The normalized spacial score (nSPS) is 50.2. The first-order chi connectivity index (χ1) is 15.1. The lowest BCUT2D eigenvalue weighted by molar-refractivity contribution is -0.135. The second kappa shape index (κ2) is 6.52. The van der Waals surface area contributed by atoms with Gasteiger partial charge in [0.05, 0.1) is 0 Å². The van der Waals surface area contributed by atoms with E-state index in [0.717, 1.165) is 32.1 Å². The molecule has 0 unspecified atom stereocenters. The van der Waals surface area contributed by atoms with Crippen LogP contribution in [0.2, 0.25) is 0 Å². The van der Waals surface area contributed by atoms with E-state index in [1.54, 1.807) is 5.57 Å². The van der Waals surface area contributed by atoms with E-state index >= 15 is 0 Å². The molecule has 7 atom stereocenters. The van der Waals surface area contributed by atoms with E-state index in [0.29, 0.717) is 11.8 Å². The van der Waals surface area contributed by atoms with Gasteiger partial charge in [0.2, 0.25) is 5.91 Å². The quantitative estimate of drug-likeness (QED) is 0.494. The van der Waals surface area contributed by atoms with Crippen molar-refractivity contribution < 1.29 is 9.59 Å². The van der Waals surface area contributed by atoms with Crippen molar-refractivity contribution in [2.75, 3.05) is 0 Å². The number of allylic oxidation sites excluding steroid dienone is 6. The van der Waals surface area contributed by atoms with Crippen molar-refractivity contribution in [3.63, 3.8) is 0 Å². The molecule has 1 amide bonds. The fraction of sp³-hybridized carbons (Fsp3) is 0.733. The number of primary amides is 1. The SMILES string of the molecule is CC1(C)C(=O)C=C[C@]2(C)C3=CC=C4[C@@H]5C[C@@](C)(C(N)=O)CC[C@]5(C)CC[C@@]4(C)[C@]3(C)CC[C@@H]12. The van der Waals surface area contributed by atoms with E-state index in [-0.39, 0.29) is 38.8 Å². The summed E-state index contributed by atoms with van der Waals surface area (Å²) < 4.78 is 0. The zero-order chi connectivity index (χ0) is 24.2. The number of hydrogen-bond donors (Lipinski definition) is 1. The number of amides is 1. The van der Waals surface area contributed by atoms with Crippen molar-refractivity contribution in [1.29, 1.82) is 0 Å². The van der Waals surface area contributed by atoms with Gasteiger partial charge in [-0.25, -0.2) is 0 Å². The highest BCUT2D eigenvalue weighted by Gasteiger charge is 2.65. The van der Waals surface area contributed by atoms with Crippen LogP contribution in [-0.4, -0.2) is 11.7 Å². The number of rotatable bonds is 1. The van der Waals surface area contributed by atoms with Crippen LogP contribution < -0.4 is 5.73 Å². The zero-order valence-corrected chi connectivity index (χ0v) is 21.8. The first-order valence-electron chi connectivity index (χ1n) is 13.1. The highest BCUT2D eigenvalue weighted by Crippen LogP contribution is 2.73. The van der Waals surface area contributed by atoms with Gasteiger partial charge < -0.3 is 5.73 Å². The molecular weight excluding hydrogens is 406 g/mol. The Labute approximate surface area is 200 Å². The first-order valence-corrected chi connectivity index (χ1v) is 13.1. The predicted octanol–water partition coefficient (Wildman–Crippen LogP) is 6.54. The summed E-state index contributed by atoms with van der Waals surface area (Å²) in [6.45, 7) is 16.2. The number of carbonyl (C=O) groups excluding carboxylic acids is 2. The molecule has 3 saturated carbocycles. The van der Waals surface area contributed by atoms with Gasteiger partial charge in [0.1, 0.15) is 0 Å². The van der Waals surface area contributed by atoms with Gasteiger partial charge in [0.15, 0.2) is 5.78 Å². The topological polar surface area (TPSA) is 60.2 Å². The summed E-state index contributed by atoms with van der Waals surface area (Å²) in [5.74, 6) is 0.876. The van der Waals surface area contributed by atoms with Crippen molar-refractivity contribution in [2.45, 2.75) is 93.4 Å².